The smallest absolute Gasteiger partial charge is 0.179 e. The quantitative estimate of drug-likeness (QED) is 0.819. The van der Waals surface area contributed by atoms with Crippen LogP contribution in [0, 0.1) is 11.7 Å². The summed E-state index contributed by atoms with van der Waals surface area (Å²) in [6.07, 6.45) is 5.11. The molecule has 0 amide bonds. The first-order valence-electron chi connectivity index (χ1n) is 7.54. The van der Waals surface area contributed by atoms with Gasteiger partial charge in [-0.25, -0.2) is 4.98 Å². The van der Waals surface area contributed by atoms with Crippen molar-refractivity contribution in [3.05, 3.63) is 22.6 Å². The van der Waals surface area contributed by atoms with Crippen LogP contribution in [0.15, 0.2) is 12.1 Å². The van der Waals surface area contributed by atoms with Crippen molar-refractivity contribution in [1.82, 2.24) is 19.4 Å². The number of aryl methyl sites for hydroxylation is 1. The van der Waals surface area contributed by atoms with E-state index in [1.807, 2.05) is 13.0 Å². The lowest BCUT2D eigenvalue weighted by molar-refractivity contribution is 0.156. The predicted octanol–water partition coefficient (Wildman–Crippen LogP) is 3.20. The summed E-state index contributed by atoms with van der Waals surface area (Å²) in [7, 11) is 0. The Morgan fingerprint density at radius 1 is 1.25 bits per heavy atom. The van der Waals surface area contributed by atoms with Gasteiger partial charge in [-0.1, -0.05) is 0 Å². The van der Waals surface area contributed by atoms with E-state index < -0.39 is 0 Å². The zero-order chi connectivity index (χ0) is 13.7. The summed E-state index contributed by atoms with van der Waals surface area (Å²) in [6.45, 7) is 4.53. The maximum Gasteiger partial charge on any atom is 0.179 e. The molecule has 2 aliphatic rings. The van der Waals surface area contributed by atoms with Gasteiger partial charge in [-0.05, 0) is 63.5 Å². The van der Waals surface area contributed by atoms with Crippen molar-refractivity contribution in [3.8, 4) is 0 Å². The fraction of sp³-hybridized carbons (Fsp3) is 0.600. The van der Waals surface area contributed by atoms with Gasteiger partial charge < -0.3 is 9.88 Å². The van der Waals surface area contributed by atoms with E-state index in [0.717, 1.165) is 27.7 Å². The number of rotatable bonds is 1. The average molecular weight is 288 g/mol. The molecule has 2 aliphatic heterocycles. The number of pyridine rings is 1. The molecule has 2 saturated heterocycles. The molecule has 4 heterocycles. The van der Waals surface area contributed by atoms with Gasteiger partial charge >= 0.3 is 0 Å². The second-order valence-electron chi connectivity index (χ2n) is 6.13. The molecular formula is C15H20N4S. The lowest BCUT2D eigenvalue weighted by Gasteiger charge is -2.35. The van der Waals surface area contributed by atoms with Gasteiger partial charge in [0.25, 0.3) is 0 Å². The molecule has 20 heavy (non-hydrogen) atoms. The summed E-state index contributed by atoms with van der Waals surface area (Å²) in [4.78, 5) is 10.7. The Morgan fingerprint density at radius 2 is 2.15 bits per heavy atom. The highest BCUT2D eigenvalue weighted by Crippen LogP contribution is 2.34. The van der Waals surface area contributed by atoms with E-state index in [2.05, 4.69) is 20.5 Å². The number of imidazole rings is 1. The van der Waals surface area contributed by atoms with Crippen molar-refractivity contribution in [2.45, 2.75) is 44.7 Å². The zero-order valence-electron chi connectivity index (χ0n) is 11.8. The second-order valence-corrected chi connectivity index (χ2v) is 6.52. The number of hydrogen-bond donors (Lipinski definition) is 1. The molecule has 2 unspecified atom stereocenters. The number of hydrogen-bond acceptors (Lipinski definition) is 3. The van der Waals surface area contributed by atoms with E-state index in [1.165, 1.54) is 38.8 Å². The fourth-order valence-corrected chi connectivity index (χ4v) is 4.22. The minimum absolute atomic E-state index is 0.505. The molecule has 0 bridgehead atoms. The third kappa shape index (κ3) is 1.91. The number of H-pyrrole nitrogens is 1. The molecule has 2 atom stereocenters. The van der Waals surface area contributed by atoms with Gasteiger partial charge in [0.05, 0.1) is 5.52 Å². The number of piperidine rings is 1. The van der Waals surface area contributed by atoms with Crippen molar-refractivity contribution in [2.24, 2.45) is 0 Å². The van der Waals surface area contributed by atoms with Crippen LogP contribution in [0.5, 0.6) is 0 Å². The summed E-state index contributed by atoms with van der Waals surface area (Å²) >= 11 is 5.55. The maximum atomic E-state index is 5.55. The first-order valence-corrected chi connectivity index (χ1v) is 7.95. The zero-order valence-corrected chi connectivity index (χ0v) is 12.6. The molecule has 106 valence electrons. The van der Waals surface area contributed by atoms with Crippen molar-refractivity contribution in [3.63, 3.8) is 0 Å². The topological polar surface area (TPSA) is 36.9 Å². The molecule has 0 saturated carbocycles. The largest absolute Gasteiger partial charge is 0.329 e. The number of fused-ring (bicyclic) bond motifs is 2. The van der Waals surface area contributed by atoms with Crippen LogP contribution in [0.25, 0.3) is 11.2 Å². The SMILES string of the molecule is Cc1ccc2[nH]c(=S)n(C3CCN4CCCC4C3)c2n1. The maximum absolute atomic E-state index is 5.55. The average Bonchev–Trinajstić information content (AvgIpc) is 3.00. The lowest BCUT2D eigenvalue weighted by atomic mass is 9.97. The van der Waals surface area contributed by atoms with Crippen molar-refractivity contribution >= 4 is 23.4 Å². The van der Waals surface area contributed by atoms with Crippen molar-refractivity contribution in [1.29, 1.82) is 0 Å². The van der Waals surface area contributed by atoms with Gasteiger partial charge in [-0.15, -0.1) is 0 Å². The van der Waals surface area contributed by atoms with Gasteiger partial charge in [-0.3, -0.25) is 4.57 Å². The fourth-order valence-electron chi connectivity index (χ4n) is 3.87. The first-order chi connectivity index (χ1) is 9.72. The highest BCUT2D eigenvalue weighted by Gasteiger charge is 2.33. The summed E-state index contributed by atoms with van der Waals surface area (Å²) < 4.78 is 3.10. The Hall–Kier alpha value is -1.20. The van der Waals surface area contributed by atoms with E-state index in [-0.39, 0.29) is 0 Å². The molecule has 4 rings (SSSR count). The van der Waals surface area contributed by atoms with Crippen molar-refractivity contribution in [2.75, 3.05) is 13.1 Å². The van der Waals surface area contributed by atoms with E-state index in [1.54, 1.807) is 0 Å². The molecule has 0 aromatic carbocycles. The Morgan fingerprint density at radius 3 is 3.05 bits per heavy atom. The van der Waals surface area contributed by atoms with Crippen LogP contribution in [-0.2, 0) is 0 Å². The molecule has 4 nitrogen and oxygen atoms in total. The monoisotopic (exact) mass is 288 g/mol. The minimum Gasteiger partial charge on any atom is -0.329 e. The van der Waals surface area contributed by atoms with Crippen LogP contribution in [0.2, 0.25) is 0 Å². The van der Waals surface area contributed by atoms with Crippen molar-refractivity contribution < 1.29 is 0 Å². The van der Waals surface area contributed by atoms with Crippen LogP contribution < -0.4 is 0 Å². The van der Waals surface area contributed by atoms with Crippen LogP contribution in [0.4, 0.5) is 0 Å². The number of aromatic amines is 1. The second kappa shape index (κ2) is 4.67. The summed E-state index contributed by atoms with van der Waals surface area (Å²) in [6, 6.07) is 5.39. The normalized spacial score (nSPS) is 27.1. The summed E-state index contributed by atoms with van der Waals surface area (Å²) in [5.74, 6) is 0. The lowest BCUT2D eigenvalue weighted by Crippen LogP contribution is -2.38. The van der Waals surface area contributed by atoms with Gasteiger partial charge in [0.15, 0.2) is 10.4 Å². The first kappa shape index (κ1) is 12.5. The van der Waals surface area contributed by atoms with Gasteiger partial charge in [0, 0.05) is 24.3 Å². The molecule has 0 spiro atoms. The van der Waals surface area contributed by atoms with E-state index in [9.17, 15) is 0 Å². The third-order valence-corrected chi connectivity index (χ3v) is 5.16. The van der Waals surface area contributed by atoms with Gasteiger partial charge in [-0.2, -0.15) is 0 Å². The van der Waals surface area contributed by atoms with Crippen LogP contribution in [-0.4, -0.2) is 38.6 Å². The third-order valence-electron chi connectivity index (χ3n) is 4.86. The van der Waals surface area contributed by atoms with E-state index in [0.29, 0.717) is 6.04 Å². The molecule has 2 aromatic heterocycles. The molecule has 2 fully saturated rings. The highest BCUT2D eigenvalue weighted by atomic mass is 32.1. The molecule has 1 N–H and O–H groups in total. The summed E-state index contributed by atoms with van der Waals surface area (Å²) in [5.41, 5.74) is 3.15. The predicted molar refractivity (Wildman–Crippen MR) is 82.5 cm³/mol. The van der Waals surface area contributed by atoms with Gasteiger partial charge in [0.2, 0.25) is 0 Å². The Balaban J connectivity index is 1.76. The summed E-state index contributed by atoms with van der Waals surface area (Å²) in [5, 5.41) is 0. The van der Waals surface area contributed by atoms with Crippen LogP contribution in [0.3, 0.4) is 0 Å². The minimum atomic E-state index is 0.505. The number of aromatic nitrogens is 3. The highest BCUT2D eigenvalue weighted by molar-refractivity contribution is 7.71. The molecule has 0 radical (unpaired) electrons. The Bertz CT molecular complexity index is 701. The number of nitrogens with zero attached hydrogens (tertiary/aromatic N) is 3. The Kier molecular flexibility index (Phi) is 2.93. The molecule has 0 aliphatic carbocycles. The number of nitrogens with one attached hydrogen (secondary N) is 1. The van der Waals surface area contributed by atoms with Crippen LogP contribution in [0.1, 0.15) is 37.4 Å². The standard InChI is InChI=1S/C15H20N4S/c1-10-4-5-13-14(16-10)19(15(20)17-13)12-6-8-18-7-2-3-11(18)9-12/h4-5,11-12H,2-3,6-9H2,1H3,(H,17,20). The van der Waals surface area contributed by atoms with E-state index in [4.69, 9.17) is 17.2 Å². The molecule has 5 heteroatoms. The Labute approximate surface area is 123 Å². The molecule has 2 aromatic rings. The van der Waals surface area contributed by atoms with Crippen LogP contribution >= 0.6 is 12.2 Å². The molecular weight excluding hydrogens is 268 g/mol. The van der Waals surface area contributed by atoms with Gasteiger partial charge in [0.1, 0.15) is 0 Å². The van der Waals surface area contributed by atoms with E-state index >= 15 is 0 Å².